The molecule has 2 aliphatic rings. The molecule has 2 heterocycles. The molecule has 4 nitrogen and oxygen atoms in total. The molecular weight excluding hydrogens is 382 g/mol. The molecule has 2 fully saturated rings. The van der Waals surface area contributed by atoms with Gasteiger partial charge < -0.3 is 10.0 Å². The van der Waals surface area contributed by atoms with Gasteiger partial charge in [0.1, 0.15) is 11.4 Å². The maximum atomic E-state index is 12.1. The molecule has 1 aliphatic carbocycles. The van der Waals surface area contributed by atoms with Crippen molar-refractivity contribution in [1.82, 2.24) is 9.88 Å². The summed E-state index contributed by atoms with van der Waals surface area (Å²) in [5.74, 6) is 1.70. The van der Waals surface area contributed by atoms with E-state index in [1.165, 1.54) is 5.56 Å². The Balaban J connectivity index is 1.51. The minimum atomic E-state index is -0.848. The standard InChI is InChI=1S/C27H39N3O/c1-20(2)19-21-10-12-22(13-11-21)27(31)25(3,4)24(26(27,5)6)30-17-15-29(16-18-30)23-9-7-8-14-28-23/h7-14,20,24,31H,15-19H2,1-6H3. The molecule has 4 heteroatoms. The van der Waals surface area contributed by atoms with Gasteiger partial charge in [-0.15, -0.1) is 0 Å². The van der Waals surface area contributed by atoms with Gasteiger partial charge in [-0.05, 0) is 35.6 Å². The molecule has 0 radical (unpaired) electrons. The van der Waals surface area contributed by atoms with Crippen molar-refractivity contribution in [2.75, 3.05) is 31.1 Å². The second-order valence-electron chi connectivity index (χ2n) is 11.1. The lowest BCUT2D eigenvalue weighted by Gasteiger charge is -2.72. The quantitative estimate of drug-likeness (QED) is 0.758. The van der Waals surface area contributed by atoms with Crippen molar-refractivity contribution < 1.29 is 5.11 Å². The number of anilines is 1. The Hall–Kier alpha value is -1.91. The first-order valence-corrected chi connectivity index (χ1v) is 11.8. The third-order valence-electron chi connectivity index (χ3n) is 7.90. The van der Waals surface area contributed by atoms with Gasteiger partial charge in [-0.3, -0.25) is 4.90 Å². The topological polar surface area (TPSA) is 39.6 Å². The SMILES string of the molecule is CC(C)Cc1ccc(C2(O)C(C)(C)C(N3CCN(c4ccccn4)CC3)C2(C)C)cc1. The molecule has 1 saturated heterocycles. The zero-order valence-electron chi connectivity index (χ0n) is 20.1. The monoisotopic (exact) mass is 421 g/mol. The molecule has 1 N–H and O–H groups in total. The third kappa shape index (κ3) is 3.48. The van der Waals surface area contributed by atoms with Gasteiger partial charge in [0.25, 0.3) is 0 Å². The van der Waals surface area contributed by atoms with Crippen LogP contribution >= 0.6 is 0 Å². The summed E-state index contributed by atoms with van der Waals surface area (Å²) in [5, 5.41) is 12.1. The third-order valence-corrected chi connectivity index (χ3v) is 7.90. The van der Waals surface area contributed by atoms with E-state index in [0.29, 0.717) is 12.0 Å². The van der Waals surface area contributed by atoms with Crippen LogP contribution in [0.25, 0.3) is 0 Å². The lowest BCUT2D eigenvalue weighted by Crippen LogP contribution is -2.79. The Morgan fingerprint density at radius 1 is 0.935 bits per heavy atom. The highest BCUT2D eigenvalue weighted by Gasteiger charge is 2.73. The smallest absolute Gasteiger partial charge is 0.128 e. The van der Waals surface area contributed by atoms with Crippen LogP contribution in [0.4, 0.5) is 5.82 Å². The number of nitrogens with zero attached hydrogens (tertiary/aromatic N) is 3. The Morgan fingerprint density at radius 3 is 2.06 bits per heavy atom. The summed E-state index contributed by atoms with van der Waals surface area (Å²) >= 11 is 0. The summed E-state index contributed by atoms with van der Waals surface area (Å²) in [5.41, 5.74) is 1.09. The van der Waals surface area contributed by atoms with E-state index in [9.17, 15) is 5.11 Å². The molecule has 0 spiro atoms. The highest BCUT2D eigenvalue weighted by atomic mass is 16.3. The van der Waals surface area contributed by atoms with Gasteiger partial charge in [0.15, 0.2) is 0 Å². The van der Waals surface area contributed by atoms with E-state index in [-0.39, 0.29) is 10.8 Å². The molecule has 4 rings (SSSR count). The normalized spacial score (nSPS) is 27.9. The Kier molecular flexibility index (Phi) is 5.68. The Bertz CT molecular complexity index is 864. The number of piperazine rings is 1. The summed E-state index contributed by atoms with van der Waals surface area (Å²) in [6, 6.07) is 15.2. The fourth-order valence-corrected chi connectivity index (χ4v) is 6.81. The maximum Gasteiger partial charge on any atom is 0.128 e. The van der Waals surface area contributed by atoms with Crippen molar-refractivity contribution in [1.29, 1.82) is 0 Å². The van der Waals surface area contributed by atoms with Gasteiger partial charge >= 0.3 is 0 Å². The second-order valence-corrected chi connectivity index (χ2v) is 11.1. The van der Waals surface area contributed by atoms with E-state index in [4.69, 9.17) is 0 Å². The summed E-state index contributed by atoms with van der Waals surface area (Å²) in [7, 11) is 0. The summed E-state index contributed by atoms with van der Waals surface area (Å²) in [6.07, 6.45) is 2.95. The second kappa shape index (κ2) is 7.90. The minimum Gasteiger partial charge on any atom is -0.384 e. The number of benzene rings is 1. The van der Waals surface area contributed by atoms with Crippen LogP contribution in [0, 0.1) is 16.7 Å². The van der Waals surface area contributed by atoms with E-state index in [0.717, 1.165) is 44.0 Å². The van der Waals surface area contributed by atoms with Crippen molar-refractivity contribution in [2.24, 2.45) is 16.7 Å². The zero-order valence-corrected chi connectivity index (χ0v) is 20.1. The van der Waals surface area contributed by atoms with Gasteiger partial charge in [-0.25, -0.2) is 4.98 Å². The Morgan fingerprint density at radius 2 is 1.55 bits per heavy atom. The van der Waals surface area contributed by atoms with Crippen molar-refractivity contribution in [3.63, 3.8) is 0 Å². The molecule has 1 aliphatic heterocycles. The lowest BCUT2D eigenvalue weighted by atomic mass is 9.39. The molecule has 168 valence electrons. The molecule has 31 heavy (non-hydrogen) atoms. The van der Waals surface area contributed by atoms with Crippen molar-refractivity contribution >= 4 is 5.82 Å². The van der Waals surface area contributed by atoms with Crippen molar-refractivity contribution in [3.8, 4) is 0 Å². The number of aromatic nitrogens is 1. The molecule has 0 unspecified atom stereocenters. The molecule has 1 saturated carbocycles. The first-order chi connectivity index (χ1) is 14.6. The molecule has 1 aromatic heterocycles. The first kappa shape index (κ1) is 22.3. The van der Waals surface area contributed by atoms with E-state index >= 15 is 0 Å². The van der Waals surface area contributed by atoms with Crippen molar-refractivity contribution in [3.05, 3.63) is 59.8 Å². The van der Waals surface area contributed by atoms with Crippen molar-refractivity contribution in [2.45, 2.75) is 59.6 Å². The van der Waals surface area contributed by atoms with Gasteiger partial charge in [0, 0.05) is 49.2 Å². The van der Waals surface area contributed by atoms with Crippen LogP contribution in [0.1, 0.15) is 52.7 Å². The minimum absolute atomic E-state index is 0.233. The number of rotatable bonds is 5. The van der Waals surface area contributed by atoms with E-state index in [1.54, 1.807) is 0 Å². The Labute approximate surface area is 188 Å². The predicted molar refractivity (Wildman–Crippen MR) is 128 cm³/mol. The van der Waals surface area contributed by atoms with Crippen LogP contribution in [-0.2, 0) is 12.0 Å². The summed E-state index contributed by atoms with van der Waals surface area (Å²) in [4.78, 5) is 9.49. The van der Waals surface area contributed by atoms with Gasteiger partial charge in [0.05, 0.1) is 0 Å². The molecule has 0 amide bonds. The predicted octanol–water partition coefficient (Wildman–Crippen LogP) is 4.72. The van der Waals surface area contributed by atoms with E-state index in [2.05, 4.69) is 92.7 Å². The summed E-state index contributed by atoms with van der Waals surface area (Å²) < 4.78 is 0. The first-order valence-electron chi connectivity index (χ1n) is 11.8. The number of pyridine rings is 1. The average molecular weight is 422 g/mol. The van der Waals surface area contributed by atoms with Gasteiger partial charge in [-0.2, -0.15) is 0 Å². The zero-order chi connectivity index (χ0) is 22.4. The highest BCUT2D eigenvalue weighted by molar-refractivity contribution is 5.40. The van der Waals surface area contributed by atoms with E-state index in [1.807, 2.05) is 12.3 Å². The molecule has 0 bridgehead atoms. The van der Waals surface area contributed by atoms with Crippen LogP contribution in [0.15, 0.2) is 48.7 Å². The fourth-order valence-electron chi connectivity index (χ4n) is 6.81. The van der Waals surface area contributed by atoms with E-state index < -0.39 is 5.60 Å². The van der Waals surface area contributed by atoms with Crippen LogP contribution in [0.2, 0.25) is 0 Å². The molecule has 2 aromatic rings. The number of aliphatic hydroxyl groups is 1. The fraction of sp³-hybridized carbons (Fsp3) is 0.593. The summed E-state index contributed by atoms with van der Waals surface area (Å²) in [6.45, 7) is 17.4. The van der Waals surface area contributed by atoms with Gasteiger partial charge in [-0.1, -0.05) is 71.9 Å². The number of hydrogen-bond donors (Lipinski definition) is 1. The number of hydrogen-bond acceptors (Lipinski definition) is 4. The largest absolute Gasteiger partial charge is 0.384 e. The molecular formula is C27H39N3O. The molecule has 1 aromatic carbocycles. The average Bonchev–Trinajstić information content (AvgIpc) is 2.74. The van der Waals surface area contributed by atoms with Crippen LogP contribution in [-0.4, -0.2) is 47.2 Å². The van der Waals surface area contributed by atoms with Crippen LogP contribution in [0.3, 0.4) is 0 Å². The van der Waals surface area contributed by atoms with Gasteiger partial charge in [0.2, 0.25) is 0 Å². The maximum absolute atomic E-state index is 12.1. The lowest BCUT2D eigenvalue weighted by molar-refractivity contribution is -0.307. The van der Waals surface area contributed by atoms with Crippen LogP contribution < -0.4 is 4.90 Å². The van der Waals surface area contributed by atoms with Crippen LogP contribution in [0.5, 0.6) is 0 Å². The highest BCUT2D eigenvalue weighted by Crippen LogP contribution is 2.68. The molecule has 0 atom stereocenters.